The molecule has 1 aromatic heterocycles. The van der Waals surface area contributed by atoms with Gasteiger partial charge >= 0.3 is 0 Å². The van der Waals surface area contributed by atoms with Crippen LogP contribution in [0.15, 0.2) is 6.07 Å². The molecule has 0 aliphatic heterocycles. The van der Waals surface area contributed by atoms with Crippen molar-refractivity contribution < 1.29 is 5.11 Å². The van der Waals surface area contributed by atoms with Crippen molar-refractivity contribution >= 4 is 0 Å². The Bertz CT molecular complexity index is 342. The molecule has 1 heterocycles. The highest BCUT2D eigenvalue weighted by Crippen LogP contribution is 2.11. The van der Waals surface area contributed by atoms with Crippen LogP contribution >= 0.6 is 0 Å². The van der Waals surface area contributed by atoms with Crippen molar-refractivity contribution in [1.29, 1.82) is 0 Å². The molecular formula is C12H23N3O. The second-order valence-electron chi connectivity index (χ2n) is 4.86. The van der Waals surface area contributed by atoms with Gasteiger partial charge in [0, 0.05) is 19.1 Å². The van der Waals surface area contributed by atoms with Crippen LogP contribution in [-0.2, 0) is 20.0 Å². The normalized spacial score (nSPS) is 14.1. The molecule has 0 saturated heterocycles. The molecule has 1 aromatic rings. The van der Waals surface area contributed by atoms with Crippen LogP contribution in [0.5, 0.6) is 0 Å². The van der Waals surface area contributed by atoms with Gasteiger partial charge in [-0.05, 0) is 33.3 Å². The smallest absolute Gasteiger partial charge is 0.0688 e. The standard InChI is InChI=1S/C12H23N3O/c1-6-10-7-11(15(5)14-10)8-13-12(3,4)9(2)16/h7,9,13,16H,6,8H2,1-5H3. The maximum absolute atomic E-state index is 9.59. The zero-order chi connectivity index (χ0) is 12.3. The minimum Gasteiger partial charge on any atom is -0.392 e. The van der Waals surface area contributed by atoms with Gasteiger partial charge in [0.25, 0.3) is 0 Å². The average Bonchev–Trinajstić information content (AvgIpc) is 2.56. The van der Waals surface area contributed by atoms with E-state index in [9.17, 15) is 5.11 Å². The molecular weight excluding hydrogens is 202 g/mol. The monoisotopic (exact) mass is 225 g/mol. The highest BCUT2D eigenvalue weighted by atomic mass is 16.3. The van der Waals surface area contributed by atoms with Crippen molar-refractivity contribution in [2.45, 2.75) is 52.3 Å². The second-order valence-corrected chi connectivity index (χ2v) is 4.86. The molecule has 0 aliphatic carbocycles. The summed E-state index contributed by atoms with van der Waals surface area (Å²) >= 11 is 0. The van der Waals surface area contributed by atoms with Crippen molar-refractivity contribution in [2.24, 2.45) is 7.05 Å². The molecule has 0 fully saturated rings. The molecule has 0 radical (unpaired) electrons. The molecule has 0 saturated carbocycles. The van der Waals surface area contributed by atoms with Crippen LogP contribution in [-0.4, -0.2) is 26.5 Å². The third-order valence-electron chi connectivity index (χ3n) is 3.16. The van der Waals surface area contributed by atoms with E-state index in [0.717, 1.165) is 24.4 Å². The fourth-order valence-electron chi connectivity index (χ4n) is 1.38. The van der Waals surface area contributed by atoms with Gasteiger partial charge in [0.1, 0.15) is 0 Å². The second kappa shape index (κ2) is 4.97. The van der Waals surface area contributed by atoms with Crippen LogP contribution in [0.3, 0.4) is 0 Å². The number of hydrogen-bond acceptors (Lipinski definition) is 3. The van der Waals surface area contributed by atoms with Crippen LogP contribution in [0.25, 0.3) is 0 Å². The SMILES string of the molecule is CCc1cc(CNC(C)(C)C(C)O)n(C)n1. The molecule has 1 unspecified atom stereocenters. The Labute approximate surface area is 97.7 Å². The third-order valence-corrected chi connectivity index (χ3v) is 3.16. The van der Waals surface area contributed by atoms with Crippen molar-refractivity contribution in [3.8, 4) is 0 Å². The lowest BCUT2D eigenvalue weighted by molar-refractivity contribution is 0.0952. The summed E-state index contributed by atoms with van der Waals surface area (Å²) in [7, 11) is 1.95. The highest BCUT2D eigenvalue weighted by Gasteiger charge is 2.23. The summed E-state index contributed by atoms with van der Waals surface area (Å²) in [6, 6.07) is 2.10. The van der Waals surface area contributed by atoms with Crippen LogP contribution in [0.4, 0.5) is 0 Å². The first kappa shape index (κ1) is 13.2. The lowest BCUT2D eigenvalue weighted by Crippen LogP contribution is -2.47. The minimum atomic E-state index is -0.383. The molecule has 1 atom stereocenters. The Morgan fingerprint density at radius 2 is 2.19 bits per heavy atom. The first-order chi connectivity index (χ1) is 7.36. The molecule has 0 spiro atoms. The molecule has 2 N–H and O–H groups in total. The maximum atomic E-state index is 9.59. The predicted octanol–water partition coefficient (Wildman–Crippen LogP) is 1.23. The van der Waals surface area contributed by atoms with Gasteiger partial charge in [-0.25, -0.2) is 0 Å². The summed E-state index contributed by atoms with van der Waals surface area (Å²) in [5.41, 5.74) is 1.97. The van der Waals surface area contributed by atoms with E-state index < -0.39 is 0 Å². The fourth-order valence-corrected chi connectivity index (χ4v) is 1.38. The number of aliphatic hydroxyl groups excluding tert-OH is 1. The zero-order valence-corrected chi connectivity index (χ0v) is 10.9. The van der Waals surface area contributed by atoms with Gasteiger partial charge in [0.15, 0.2) is 0 Å². The van der Waals surface area contributed by atoms with Gasteiger partial charge < -0.3 is 10.4 Å². The Morgan fingerprint density at radius 1 is 1.56 bits per heavy atom. The molecule has 0 bridgehead atoms. The van der Waals surface area contributed by atoms with E-state index in [0.29, 0.717) is 0 Å². The van der Waals surface area contributed by atoms with E-state index in [4.69, 9.17) is 0 Å². The summed E-state index contributed by atoms with van der Waals surface area (Å²) in [5.74, 6) is 0. The number of hydrogen-bond donors (Lipinski definition) is 2. The van der Waals surface area contributed by atoms with Gasteiger partial charge in [0.05, 0.1) is 17.5 Å². The Hall–Kier alpha value is -0.870. The summed E-state index contributed by atoms with van der Waals surface area (Å²) < 4.78 is 1.89. The summed E-state index contributed by atoms with van der Waals surface area (Å²) in [6.45, 7) is 8.61. The number of nitrogens with one attached hydrogen (secondary N) is 1. The van der Waals surface area contributed by atoms with E-state index in [-0.39, 0.29) is 11.6 Å². The molecule has 0 amide bonds. The number of rotatable bonds is 5. The summed E-state index contributed by atoms with van der Waals surface area (Å²) in [4.78, 5) is 0. The van der Waals surface area contributed by atoms with Crippen LogP contribution in [0.1, 0.15) is 39.1 Å². The predicted molar refractivity (Wildman–Crippen MR) is 65.2 cm³/mol. The van der Waals surface area contributed by atoms with Gasteiger partial charge in [0.2, 0.25) is 0 Å². The third kappa shape index (κ3) is 3.06. The van der Waals surface area contributed by atoms with Crippen LogP contribution in [0.2, 0.25) is 0 Å². The van der Waals surface area contributed by atoms with Crippen molar-refractivity contribution in [1.82, 2.24) is 15.1 Å². The Kier molecular flexibility index (Phi) is 4.10. The lowest BCUT2D eigenvalue weighted by atomic mass is 9.99. The molecule has 92 valence electrons. The molecule has 0 aliphatic rings. The first-order valence-electron chi connectivity index (χ1n) is 5.81. The highest BCUT2D eigenvalue weighted by molar-refractivity contribution is 5.10. The van der Waals surface area contributed by atoms with Crippen LogP contribution in [0, 0.1) is 0 Å². The maximum Gasteiger partial charge on any atom is 0.0688 e. The average molecular weight is 225 g/mol. The van der Waals surface area contributed by atoms with E-state index in [1.54, 1.807) is 6.92 Å². The minimum absolute atomic E-state index is 0.281. The van der Waals surface area contributed by atoms with Crippen LogP contribution < -0.4 is 5.32 Å². The quantitative estimate of drug-likeness (QED) is 0.792. The Morgan fingerprint density at radius 3 is 2.62 bits per heavy atom. The first-order valence-corrected chi connectivity index (χ1v) is 5.81. The number of aliphatic hydroxyl groups is 1. The molecule has 4 nitrogen and oxygen atoms in total. The molecule has 4 heteroatoms. The van der Waals surface area contributed by atoms with Gasteiger partial charge in [-0.3, -0.25) is 4.68 Å². The fraction of sp³-hybridized carbons (Fsp3) is 0.750. The van der Waals surface area contributed by atoms with Crippen molar-refractivity contribution in [3.63, 3.8) is 0 Å². The number of aromatic nitrogens is 2. The molecule has 1 rings (SSSR count). The zero-order valence-electron chi connectivity index (χ0n) is 10.9. The Balaban J connectivity index is 2.64. The van der Waals surface area contributed by atoms with Crippen molar-refractivity contribution in [3.05, 3.63) is 17.5 Å². The van der Waals surface area contributed by atoms with Gasteiger partial charge in [-0.15, -0.1) is 0 Å². The largest absolute Gasteiger partial charge is 0.392 e. The van der Waals surface area contributed by atoms with E-state index in [1.165, 1.54) is 0 Å². The lowest BCUT2D eigenvalue weighted by Gasteiger charge is -2.29. The summed E-state index contributed by atoms with van der Waals surface area (Å²) in [5, 5.41) is 17.3. The van der Waals surface area contributed by atoms with Gasteiger partial charge in [-0.1, -0.05) is 6.92 Å². The van der Waals surface area contributed by atoms with E-state index in [1.807, 2.05) is 25.6 Å². The molecule has 0 aromatic carbocycles. The van der Waals surface area contributed by atoms with E-state index >= 15 is 0 Å². The topological polar surface area (TPSA) is 50.1 Å². The summed E-state index contributed by atoms with van der Waals surface area (Å²) in [6.07, 6.45) is 0.569. The number of nitrogens with zero attached hydrogens (tertiary/aromatic N) is 2. The van der Waals surface area contributed by atoms with Gasteiger partial charge in [-0.2, -0.15) is 5.10 Å². The molecule has 16 heavy (non-hydrogen) atoms. The van der Waals surface area contributed by atoms with E-state index in [2.05, 4.69) is 23.4 Å². The van der Waals surface area contributed by atoms with Crippen molar-refractivity contribution in [2.75, 3.05) is 0 Å². The number of aryl methyl sites for hydroxylation is 2.